The number of likely N-dealkylation sites (tertiary alicyclic amines) is 1. The van der Waals surface area contributed by atoms with Crippen LogP contribution in [0.15, 0.2) is 24.3 Å². The van der Waals surface area contributed by atoms with Crippen molar-refractivity contribution in [2.45, 2.75) is 63.3 Å². The molecule has 1 amide bonds. The standard InChI is InChI=1S/C22H25NO3/c1-12-7-9-13(10-8-12)22-18-16-11-15(19(24)20(16)26-22)17(18)21(25)23(22)14-5-3-2-4-6-14/h7-10,14-18,20H,2-6,11H2,1H3. The maximum absolute atomic E-state index is 13.6. The van der Waals surface area contributed by atoms with Crippen molar-refractivity contribution in [2.24, 2.45) is 23.7 Å². The van der Waals surface area contributed by atoms with Crippen molar-refractivity contribution in [1.82, 2.24) is 4.90 Å². The molecule has 2 bridgehead atoms. The first-order chi connectivity index (χ1) is 12.6. The molecule has 2 aliphatic heterocycles. The van der Waals surface area contributed by atoms with Crippen LogP contribution in [0.25, 0.3) is 0 Å². The number of hydrogen-bond acceptors (Lipinski definition) is 3. The molecule has 3 saturated carbocycles. The Morgan fingerprint density at radius 3 is 2.54 bits per heavy atom. The van der Waals surface area contributed by atoms with Gasteiger partial charge in [-0.2, -0.15) is 0 Å². The van der Waals surface area contributed by atoms with Crippen LogP contribution in [0.1, 0.15) is 49.7 Å². The van der Waals surface area contributed by atoms with E-state index in [1.165, 1.54) is 24.8 Å². The Kier molecular flexibility index (Phi) is 2.94. The predicted octanol–water partition coefficient (Wildman–Crippen LogP) is 3.17. The van der Waals surface area contributed by atoms with E-state index in [4.69, 9.17) is 4.74 Å². The molecule has 0 radical (unpaired) electrons. The van der Waals surface area contributed by atoms with Gasteiger partial charge in [-0.15, -0.1) is 0 Å². The van der Waals surface area contributed by atoms with Crippen molar-refractivity contribution in [3.63, 3.8) is 0 Å². The van der Waals surface area contributed by atoms with Gasteiger partial charge in [0.1, 0.15) is 6.10 Å². The second-order valence-electron chi connectivity index (χ2n) is 9.06. The fraction of sp³-hybridized carbons (Fsp3) is 0.636. The van der Waals surface area contributed by atoms with Gasteiger partial charge >= 0.3 is 0 Å². The van der Waals surface area contributed by atoms with Crippen LogP contribution < -0.4 is 0 Å². The summed E-state index contributed by atoms with van der Waals surface area (Å²) in [6, 6.07) is 8.74. The quantitative estimate of drug-likeness (QED) is 0.822. The van der Waals surface area contributed by atoms with Gasteiger partial charge < -0.3 is 9.64 Å². The number of Topliss-reactive ketones (excluding diaryl/α,β-unsaturated/α-hetero) is 1. The monoisotopic (exact) mass is 351 g/mol. The van der Waals surface area contributed by atoms with Crippen LogP contribution in [-0.4, -0.2) is 28.7 Å². The summed E-state index contributed by atoms with van der Waals surface area (Å²) in [4.78, 5) is 28.5. The molecule has 4 nitrogen and oxygen atoms in total. The highest BCUT2D eigenvalue weighted by Gasteiger charge is 2.79. The van der Waals surface area contributed by atoms with Gasteiger partial charge in [-0.05, 0) is 26.2 Å². The van der Waals surface area contributed by atoms with Crippen molar-refractivity contribution >= 4 is 11.7 Å². The highest BCUT2D eigenvalue weighted by atomic mass is 16.5. The zero-order valence-electron chi connectivity index (χ0n) is 15.2. The fourth-order valence-corrected chi connectivity index (χ4v) is 6.93. The highest BCUT2D eigenvalue weighted by molar-refractivity contribution is 5.98. The minimum Gasteiger partial charge on any atom is -0.340 e. The van der Waals surface area contributed by atoms with Gasteiger partial charge in [0.25, 0.3) is 0 Å². The summed E-state index contributed by atoms with van der Waals surface area (Å²) >= 11 is 0. The van der Waals surface area contributed by atoms with Crippen molar-refractivity contribution in [3.8, 4) is 0 Å². The molecule has 6 rings (SSSR count). The van der Waals surface area contributed by atoms with Gasteiger partial charge in [0, 0.05) is 29.4 Å². The van der Waals surface area contributed by atoms with Crippen LogP contribution in [0.2, 0.25) is 0 Å². The Morgan fingerprint density at radius 2 is 1.81 bits per heavy atom. The maximum atomic E-state index is 13.6. The third-order valence-electron chi connectivity index (χ3n) is 7.89. The molecule has 136 valence electrons. The van der Waals surface area contributed by atoms with Gasteiger partial charge in [0.15, 0.2) is 11.5 Å². The first-order valence-electron chi connectivity index (χ1n) is 10.2. The number of ether oxygens (including phenoxy) is 1. The minimum atomic E-state index is -0.701. The van der Waals surface area contributed by atoms with Crippen LogP contribution >= 0.6 is 0 Å². The molecule has 1 aromatic rings. The number of benzene rings is 1. The summed E-state index contributed by atoms with van der Waals surface area (Å²) in [6.45, 7) is 2.08. The summed E-state index contributed by atoms with van der Waals surface area (Å²) in [5.41, 5.74) is 1.59. The lowest BCUT2D eigenvalue weighted by atomic mass is 9.75. The van der Waals surface area contributed by atoms with Crippen LogP contribution in [-0.2, 0) is 20.1 Å². The van der Waals surface area contributed by atoms with Crippen LogP contribution in [0.5, 0.6) is 0 Å². The third-order valence-corrected chi connectivity index (χ3v) is 7.89. The largest absolute Gasteiger partial charge is 0.340 e. The van der Waals surface area contributed by atoms with Crippen molar-refractivity contribution in [2.75, 3.05) is 0 Å². The molecule has 5 fully saturated rings. The molecule has 5 aliphatic rings. The molecular formula is C22H25NO3. The number of amides is 1. The zero-order chi connectivity index (χ0) is 17.6. The summed E-state index contributed by atoms with van der Waals surface area (Å²) in [5, 5.41) is 0. The smallest absolute Gasteiger partial charge is 0.229 e. The normalized spacial score (nSPS) is 43.7. The van der Waals surface area contributed by atoms with E-state index in [-0.39, 0.29) is 47.5 Å². The van der Waals surface area contributed by atoms with E-state index >= 15 is 0 Å². The molecular weight excluding hydrogens is 326 g/mol. The summed E-state index contributed by atoms with van der Waals surface area (Å²) in [7, 11) is 0. The van der Waals surface area contributed by atoms with Gasteiger partial charge in [-0.1, -0.05) is 49.1 Å². The van der Waals surface area contributed by atoms with E-state index in [0.29, 0.717) is 0 Å². The summed E-state index contributed by atoms with van der Waals surface area (Å²) < 4.78 is 6.65. The zero-order valence-corrected chi connectivity index (χ0v) is 15.2. The number of aryl methyl sites for hydroxylation is 1. The Labute approximate surface area is 153 Å². The van der Waals surface area contributed by atoms with E-state index in [1.54, 1.807) is 0 Å². The SMILES string of the molecule is Cc1ccc(C23OC4C(=O)C5CC4C2C5C(=O)N3C2CCCCC2)cc1. The number of hydrogen-bond donors (Lipinski definition) is 0. The average Bonchev–Trinajstić information content (AvgIpc) is 3.32. The third kappa shape index (κ3) is 1.61. The summed E-state index contributed by atoms with van der Waals surface area (Å²) in [5.74, 6) is 0.546. The average molecular weight is 351 g/mol. The molecule has 6 atom stereocenters. The lowest BCUT2D eigenvalue weighted by Gasteiger charge is -2.44. The number of ketones is 1. The summed E-state index contributed by atoms with van der Waals surface area (Å²) in [6.07, 6.45) is 6.33. The van der Waals surface area contributed by atoms with Crippen molar-refractivity contribution < 1.29 is 14.3 Å². The van der Waals surface area contributed by atoms with Gasteiger partial charge in [-0.3, -0.25) is 9.59 Å². The van der Waals surface area contributed by atoms with E-state index in [2.05, 4.69) is 36.1 Å². The molecule has 0 spiro atoms. The Bertz CT molecular complexity index is 796. The van der Waals surface area contributed by atoms with E-state index in [9.17, 15) is 9.59 Å². The predicted molar refractivity (Wildman–Crippen MR) is 95.0 cm³/mol. The molecule has 4 heteroatoms. The number of nitrogens with zero attached hydrogens (tertiary/aromatic N) is 1. The molecule has 3 aliphatic carbocycles. The van der Waals surface area contributed by atoms with Crippen LogP contribution in [0.3, 0.4) is 0 Å². The van der Waals surface area contributed by atoms with Crippen molar-refractivity contribution in [1.29, 1.82) is 0 Å². The van der Waals surface area contributed by atoms with E-state index in [0.717, 1.165) is 24.8 Å². The lowest BCUT2D eigenvalue weighted by molar-refractivity contribution is -0.184. The Hall–Kier alpha value is -1.68. The fourth-order valence-electron chi connectivity index (χ4n) is 6.93. The number of fused-ring (bicyclic) bond motifs is 2. The number of carbonyl (C=O) groups excluding carboxylic acids is 2. The molecule has 0 N–H and O–H groups in total. The Morgan fingerprint density at radius 1 is 1.08 bits per heavy atom. The Balaban J connectivity index is 1.54. The van der Waals surface area contributed by atoms with E-state index in [1.807, 2.05) is 0 Å². The second kappa shape index (κ2) is 4.98. The van der Waals surface area contributed by atoms with Crippen molar-refractivity contribution in [3.05, 3.63) is 35.4 Å². The van der Waals surface area contributed by atoms with Crippen LogP contribution in [0, 0.1) is 30.6 Å². The highest BCUT2D eigenvalue weighted by Crippen LogP contribution is 2.70. The lowest BCUT2D eigenvalue weighted by Crippen LogP contribution is -2.53. The molecule has 0 aromatic heterocycles. The second-order valence-corrected chi connectivity index (χ2v) is 9.06. The van der Waals surface area contributed by atoms with Gasteiger partial charge in [-0.25, -0.2) is 0 Å². The van der Waals surface area contributed by atoms with Gasteiger partial charge in [0.2, 0.25) is 5.91 Å². The molecule has 26 heavy (non-hydrogen) atoms. The van der Waals surface area contributed by atoms with E-state index < -0.39 is 5.72 Å². The topological polar surface area (TPSA) is 46.6 Å². The molecule has 2 saturated heterocycles. The number of rotatable bonds is 2. The minimum absolute atomic E-state index is 0.0941. The van der Waals surface area contributed by atoms with Gasteiger partial charge in [0.05, 0.1) is 5.92 Å². The molecule has 2 heterocycles. The maximum Gasteiger partial charge on any atom is 0.229 e. The number of carbonyl (C=O) groups is 2. The molecule has 1 aromatic carbocycles. The van der Waals surface area contributed by atoms with Crippen LogP contribution in [0.4, 0.5) is 0 Å². The first kappa shape index (κ1) is 15.4. The molecule has 6 unspecified atom stereocenters. The first-order valence-corrected chi connectivity index (χ1v) is 10.2.